The first kappa shape index (κ1) is 10.5. The van der Waals surface area contributed by atoms with E-state index in [1.54, 1.807) is 25.1 Å². The molecule has 0 aliphatic carbocycles. The zero-order valence-electron chi connectivity index (χ0n) is 8.74. The molecule has 1 heterocycles. The molecule has 0 bridgehead atoms. The Bertz CT molecular complexity index is 540. The minimum atomic E-state index is -0.443. The fraction of sp³-hybridized carbons (Fsp3) is 0.167. The molecule has 0 fully saturated rings. The van der Waals surface area contributed by atoms with Gasteiger partial charge in [-0.1, -0.05) is 12.1 Å². The highest BCUT2D eigenvalue weighted by Gasteiger charge is 2.09. The summed E-state index contributed by atoms with van der Waals surface area (Å²) < 4.78 is 18.1. The summed E-state index contributed by atoms with van der Waals surface area (Å²) in [7, 11) is 0. The molecule has 2 rings (SSSR count). The summed E-state index contributed by atoms with van der Waals surface area (Å²) in [5.41, 5.74) is 0.593. The van der Waals surface area contributed by atoms with Crippen LogP contribution in [0.5, 0.6) is 0 Å². The van der Waals surface area contributed by atoms with E-state index >= 15 is 0 Å². The molecule has 82 valence electrons. The Morgan fingerprint density at radius 1 is 1.50 bits per heavy atom. The van der Waals surface area contributed by atoms with E-state index in [1.165, 1.54) is 12.3 Å². The number of ether oxygens (including phenoxy) is 1. The Morgan fingerprint density at radius 3 is 3.06 bits per heavy atom. The first-order valence-corrected chi connectivity index (χ1v) is 4.93. The summed E-state index contributed by atoms with van der Waals surface area (Å²) in [4.78, 5) is 15.3. The summed E-state index contributed by atoms with van der Waals surface area (Å²) in [6.45, 7) is 2.03. The molecule has 0 spiro atoms. The van der Waals surface area contributed by atoms with E-state index in [9.17, 15) is 9.18 Å². The number of aromatic nitrogens is 1. The normalized spacial score (nSPS) is 10.4. The van der Waals surface area contributed by atoms with E-state index in [-0.39, 0.29) is 5.52 Å². The third kappa shape index (κ3) is 1.86. The number of fused-ring (bicyclic) bond motifs is 1. The van der Waals surface area contributed by atoms with Gasteiger partial charge in [0.1, 0.15) is 11.3 Å². The highest BCUT2D eigenvalue weighted by Crippen LogP contribution is 2.16. The van der Waals surface area contributed by atoms with Crippen LogP contribution in [0.1, 0.15) is 17.3 Å². The molecule has 4 heteroatoms. The Kier molecular flexibility index (Phi) is 2.81. The van der Waals surface area contributed by atoms with Gasteiger partial charge in [-0.3, -0.25) is 4.98 Å². The monoisotopic (exact) mass is 219 g/mol. The van der Waals surface area contributed by atoms with Gasteiger partial charge < -0.3 is 4.74 Å². The molecule has 0 amide bonds. The molecule has 1 aromatic heterocycles. The van der Waals surface area contributed by atoms with Gasteiger partial charge in [-0.15, -0.1) is 0 Å². The number of hydrogen-bond acceptors (Lipinski definition) is 3. The highest BCUT2D eigenvalue weighted by molar-refractivity contribution is 5.93. The van der Waals surface area contributed by atoms with E-state index in [4.69, 9.17) is 4.74 Å². The molecule has 2 aromatic rings. The summed E-state index contributed by atoms with van der Waals surface area (Å²) in [6.07, 6.45) is 1.32. The van der Waals surface area contributed by atoms with Gasteiger partial charge in [-0.05, 0) is 19.1 Å². The predicted molar refractivity (Wildman–Crippen MR) is 57.7 cm³/mol. The maximum Gasteiger partial charge on any atom is 0.339 e. The van der Waals surface area contributed by atoms with E-state index in [1.807, 2.05) is 0 Å². The van der Waals surface area contributed by atoms with Gasteiger partial charge in [0, 0.05) is 11.6 Å². The van der Waals surface area contributed by atoms with Crippen molar-refractivity contribution in [2.75, 3.05) is 6.61 Å². The lowest BCUT2D eigenvalue weighted by Crippen LogP contribution is -2.05. The van der Waals surface area contributed by atoms with Crippen molar-refractivity contribution in [2.45, 2.75) is 6.92 Å². The van der Waals surface area contributed by atoms with E-state index in [2.05, 4.69) is 4.98 Å². The fourth-order valence-electron chi connectivity index (χ4n) is 1.45. The van der Waals surface area contributed by atoms with Crippen LogP contribution in [0.15, 0.2) is 30.5 Å². The Hall–Kier alpha value is -1.97. The zero-order valence-corrected chi connectivity index (χ0v) is 8.74. The van der Waals surface area contributed by atoms with Crippen molar-refractivity contribution in [2.24, 2.45) is 0 Å². The van der Waals surface area contributed by atoms with Gasteiger partial charge in [-0.25, -0.2) is 9.18 Å². The first-order valence-electron chi connectivity index (χ1n) is 4.93. The predicted octanol–water partition coefficient (Wildman–Crippen LogP) is 2.55. The van der Waals surface area contributed by atoms with Crippen LogP contribution in [0, 0.1) is 5.82 Å². The van der Waals surface area contributed by atoms with Gasteiger partial charge in [0.05, 0.1) is 12.2 Å². The molecule has 0 radical (unpaired) electrons. The molecule has 0 N–H and O–H groups in total. The summed E-state index contributed by atoms with van der Waals surface area (Å²) in [5, 5.41) is 0.588. The van der Waals surface area contributed by atoms with Gasteiger partial charge in [0.15, 0.2) is 0 Å². The first-order chi connectivity index (χ1) is 7.72. The third-order valence-corrected chi connectivity index (χ3v) is 2.17. The second kappa shape index (κ2) is 4.26. The average Bonchev–Trinajstić information content (AvgIpc) is 2.29. The van der Waals surface area contributed by atoms with Crippen molar-refractivity contribution in [3.63, 3.8) is 0 Å². The number of halogens is 1. The largest absolute Gasteiger partial charge is 0.462 e. The maximum atomic E-state index is 13.3. The molecular formula is C12H10FNO2. The average molecular weight is 219 g/mol. The number of benzene rings is 1. The summed E-state index contributed by atoms with van der Waals surface area (Å²) in [6, 6.07) is 6.19. The Balaban J connectivity index is 2.48. The number of rotatable bonds is 2. The summed E-state index contributed by atoms with van der Waals surface area (Å²) in [5.74, 6) is -0.839. The van der Waals surface area contributed by atoms with Gasteiger partial charge in [-0.2, -0.15) is 0 Å². The number of pyridine rings is 1. The van der Waals surface area contributed by atoms with Crippen LogP contribution in [0.25, 0.3) is 10.9 Å². The molecule has 0 atom stereocenters. The standard InChI is InChI=1S/C12H10FNO2/c1-2-16-12(15)9-6-8-4-3-5-10(13)11(8)14-7-9/h3-7H,2H2,1H3. The van der Waals surface area contributed by atoms with Gasteiger partial charge >= 0.3 is 5.97 Å². The van der Waals surface area contributed by atoms with Crippen LogP contribution in [0.3, 0.4) is 0 Å². The molecule has 1 aromatic carbocycles. The SMILES string of the molecule is CCOC(=O)c1cnc2c(F)cccc2c1. The lowest BCUT2D eigenvalue weighted by Gasteiger charge is -2.03. The molecule has 3 nitrogen and oxygen atoms in total. The second-order valence-corrected chi connectivity index (χ2v) is 3.26. The Labute approximate surface area is 91.9 Å². The van der Waals surface area contributed by atoms with Crippen molar-refractivity contribution in [3.8, 4) is 0 Å². The van der Waals surface area contributed by atoms with Crippen molar-refractivity contribution >= 4 is 16.9 Å². The van der Waals surface area contributed by atoms with Gasteiger partial charge in [0.25, 0.3) is 0 Å². The molecule has 0 aliphatic heterocycles. The maximum absolute atomic E-state index is 13.3. The van der Waals surface area contributed by atoms with Gasteiger partial charge in [0.2, 0.25) is 0 Å². The number of carbonyl (C=O) groups is 1. The summed E-state index contributed by atoms with van der Waals surface area (Å²) >= 11 is 0. The smallest absolute Gasteiger partial charge is 0.339 e. The molecule has 16 heavy (non-hydrogen) atoms. The van der Waals surface area contributed by atoms with Crippen molar-refractivity contribution in [3.05, 3.63) is 41.8 Å². The van der Waals surface area contributed by atoms with Crippen molar-refractivity contribution < 1.29 is 13.9 Å². The third-order valence-electron chi connectivity index (χ3n) is 2.17. The zero-order chi connectivity index (χ0) is 11.5. The van der Waals surface area contributed by atoms with E-state index in [0.29, 0.717) is 17.6 Å². The minimum Gasteiger partial charge on any atom is -0.462 e. The molecular weight excluding hydrogens is 209 g/mol. The van der Waals surface area contributed by atoms with Crippen LogP contribution in [-0.2, 0) is 4.74 Å². The quantitative estimate of drug-likeness (QED) is 0.728. The lowest BCUT2D eigenvalue weighted by atomic mass is 10.1. The fourth-order valence-corrected chi connectivity index (χ4v) is 1.45. The molecule has 0 saturated carbocycles. The second-order valence-electron chi connectivity index (χ2n) is 3.26. The topological polar surface area (TPSA) is 39.2 Å². The molecule has 0 aliphatic rings. The number of para-hydroxylation sites is 1. The highest BCUT2D eigenvalue weighted by atomic mass is 19.1. The minimum absolute atomic E-state index is 0.260. The number of nitrogens with zero attached hydrogens (tertiary/aromatic N) is 1. The Morgan fingerprint density at radius 2 is 2.31 bits per heavy atom. The molecule has 0 unspecified atom stereocenters. The lowest BCUT2D eigenvalue weighted by molar-refractivity contribution is 0.0526. The van der Waals surface area contributed by atoms with Crippen LogP contribution in [0.2, 0.25) is 0 Å². The van der Waals surface area contributed by atoms with Crippen LogP contribution >= 0.6 is 0 Å². The van der Waals surface area contributed by atoms with Crippen LogP contribution in [-0.4, -0.2) is 17.6 Å². The number of hydrogen-bond donors (Lipinski definition) is 0. The van der Waals surface area contributed by atoms with E-state index in [0.717, 1.165) is 0 Å². The van der Waals surface area contributed by atoms with Crippen molar-refractivity contribution in [1.29, 1.82) is 0 Å². The van der Waals surface area contributed by atoms with Crippen LogP contribution < -0.4 is 0 Å². The van der Waals surface area contributed by atoms with Crippen molar-refractivity contribution in [1.82, 2.24) is 4.98 Å². The van der Waals surface area contributed by atoms with Crippen LogP contribution in [0.4, 0.5) is 4.39 Å². The van der Waals surface area contributed by atoms with E-state index < -0.39 is 11.8 Å². The number of carbonyl (C=O) groups excluding carboxylic acids is 1. The molecule has 0 saturated heterocycles. The number of esters is 1.